The van der Waals surface area contributed by atoms with Gasteiger partial charge in [-0.15, -0.1) is 0 Å². The van der Waals surface area contributed by atoms with Crippen LogP contribution in [0.4, 0.5) is 4.39 Å². The number of carbonyl (C=O) groups is 2. The van der Waals surface area contributed by atoms with Gasteiger partial charge in [0.15, 0.2) is 0 Å². The van der Waals surface area contributed by atoms with Gasteiger partial charge in [0.25, 0.3) is 0 Å². The van der Waals surface area contributed by atoms with E-state index >= 15 is 0 Å². The predicted octanol–water partition coefficient (Wildman–Crippen LogP) is 3.02. The molecule has 0 spiro atoms. The lowest BCUT2D eigenvalue weighted by molar-refractivity contribution is -0.133. The van der Waals surface area contributed by atoms with Crippen molar-refractivity contribution in [2.24, 2.45) is 0 Å². The molecule has 0 saturated carbocycles. The largest absolute Gasteiger partial charge is 0.356 e. The molecule has 0 fully saturated rings. The van der Waals surface area contributed by atoms with E-state index in [1.54, 1.807) is 17.9 Å². The highest BCUT2D eigenvalue weighted by atomic mass is 19.1. The zero-order valence-corrected chi connectivity index (χ0v) is 14.9. The maximum atomic E-state index is 13.2. The van der Waals surface area contributed by atoms with Crippen LogP contribution in [0.25, 0.3) is 0 Å². The Labute approximate surface area is 153 Å². The van der Waals surface area contributed by atoms with Gasteiger partial charge in [0, 0.05) is 20.0 Å². The average molecular weight is 354 g/mol. The summed E-state index contributed by atoms with van der Waals surface area (Å²) in [4.78, 5) is 26.2. The predicted molar refractivity (Wildman–Crippen MR) is 98.0 cm³/mol. The molecular weight excluding hydrogens is 331 g/mol. The molecule has 1 heterocycles. The van der Waals surface area contributed by atoms with E-state index in [-0.39, 0.29) is 30.1 Å². The van der Waals surface area contributed by atoms with Crippen LogP contribution < -0.4 is 5.32 Å². The lowest BCUT2D eigenvalue weighted by atomic mass is 9.90. The summed E-state index contributed by atoms with van der Waals surface area (Å²) in [7, 11) is 0. The third-order valence-corrected chi connectivity index (χ3v) is 4.82. The van der Waals surface area contributed by atoms with Crippen LogP contribution in [0.15, 0.2) is 48.5 Å². The lowest BCUT2D eigenvalue weighted by Gasteiger charge is -2.36. The maximum Gasteiger partial charge on any atom is 0.222 e. The summed E-state index contributed by atoms with van der Waals surface area (Å²) in [5, 5.41) is 2.89. The van der Waals surface area contributed by atoms with E-state index in [0.29, 0.717) is 19.5 Å². The van der Waals surface area contributed by atoms with Crippen LogP contribution in [0.2, 0.25) is 0 Å². The smallest absolute Gasteiger partial charge is 0.222 e. The van der Waals surface area contributed by atoms with Crippen molar-refractivity contribution in [3.8, 4) is 0 Å². The lowest BCUT2D eigenvalue weighted by Crippen LogP contribution is -2.41. The van der Waals surface area contributed by atoms with Gasteiger partial charge in [-0.1, -0.05) is 36.4 Å². The van der Waals surface area contributed by atoms with Crippen molar-refractivity contribution in [2.75, 3.05) is 13.1 Å². The monoisotopic (exact) mass is 354 g/mol. The first-order valence-electron chi connectivity index (χ1n) is 8.91. The summed E-state index contributed by atoms with van der Waals surface area (Å²) in [6, 6.07) is 14.1. The fraction of sp³-hybridized carbons (Fsp3) is 0.333. The molecule has 2 aromatic rings. The number of halogens is 1. The van der Waals surface area contributed by atoms with Crippen molar-refractivity contribution < 1.29 is 14.0 Å². The number of nitrogens with zero attached hydrogens (tertiary/aromatic N) is 1. The van der Waals surface area contributed by atoms with E-state index in [9.17, 15) is 14.0 Å². The van der Waals surface area contributed by atoms with Gasteiger partial charge in [-0.3, -0.25) is 9.59 Å². The number of amides is 2. The van der Waals surface area contributed by atoms with Crippen LogP contribution >= 0.6 is 0 Å². The van der Waals surface area contributed by atoms with Crippen LogP contribution in [-0.2, 0) is 22.4 Å². The van der Waals surface area contributed by atoms with Crippen LogP contribution in [0.5, 0.6) is 0 Å². The minimum atomic E-state index is -0.273. The Morgan fingerprint density at radius 3 is 2.77 bits per heavy atom. The molecule has 3 rings (SSSR count). The molecule has 5 heteroatoms. The Morgan fingerprint density at radius 2 is 2.00 bits per heavy atom. The molecule has 0 bridgehead atoms. The van der Waals surface area contributed by atoms with E-state index in [4.69, 9.17) is 0 Å². The highest BCUT2D eigenvalue weighted by Crippen LogP contribution is 2.32. The highest BCUT2D eigenvalue weighted by Gasteiger charge is 2.30. The molecule has 1 N–H and O–H groups in total. The Kier molecular flexibility index (Phi) is 5.66. The first-order valence-corrected chi connectivity index (χ1v) is 8.91. The van der Waals surface area contributed by atoms with Gasteiger partial charge in [-0.25, -0.2) is 4.39 Å². The number of benzene rings is 2. The van der Waals surface area contributed by atoms with Crippen molar-refractivity contribution in [1.82, 2.24) is 10.2 Å². The quantitative estimate of drug-likeness (QED) is 0.897. The SMILES string of the molecule is CC(=O)N1CCc2ccccc2C1CC(=O)NCCc1cccc(F)c1. The molecule has 0 saturated heterocycles. The van der Waals surface area contributed by atoms with E-state index in [1.807, 2.05) is 24.3 Å². The molecule has 2 aromatic carbocycles. The molecule has 26 heavy (non-hydrogen) atoms. The highest BCUT2D eigenvalue weighted by molar-refractivity contribution is 5.79. The van der Waals surface area contributed by atoms with Crippen molar-refractivity contribution in [3.05, 3.63) is 71.0 Å². The third-order valence-electron chi connectivity index (χ3n) is 4.82. The van der Waals surface area contributed by atoms with E-state index in [2.05, 4.69) is 11.4 Å². The van der Waals surface area contributed by atoms with Crippen LogP contribution in [0.1, 0.15) is 36.1 Å². The molecule has 1 atom stereocenters. The Bertz CT molecular complexity index is 806. The first-order chi connectivity index (χ1) is 12.5. The molecule has 0 aromatic heterocycles. The second-order valence-electron chi connectivity index (χ2n) is 6.61. The summed E-state index contributed by atoms with van der Waals surface area (Å²) in [5.41, 5.74) is 3.09. The summed E-state index contributed by atoms with van der Waals surface area (Å²) in [6.07, 6.45) is 1.62. The molecule has 136 valence electrons. The standard InChI is InChI=1S/C21H23FN2O2/c1-15(25)24-12-10-17-6-2-3-8-19(17)20(24)14-21(26)23-11-9-16-5-4-7-18(22)13-16/h2-8,13,20H,9-12,14H2,1H3,(H,23,26). The number of hydrogen-bond acceptors (Lipinski definition) is 2. The summed E-state index contributed by atoms with van der Waals surface area (Å²) in [6.45, 7) is 2.62. The normalized spacial score (nSPS) is 16.1. The topological polar surface area (TPSA) is 49.4 Å². The molecule has 2 amide bonds. The van der Waals surface area contributed by atoms with Gasteiger partial charge < -0.3 is 10.2 Å². The average Bonchev–Trinajstić information content (AvgIpc) is 2.62. The first kappa shape index (κ1) is 18.1. The Hall–Kier alpha value is -2.69. The van der Waals surface area contributed by atoms with Crippen LogP contribution in [0, 0.1) is 5.82 Å². The number of fused-ring (bicyclic) bond motifs is 1. The molecule has 0 aliphatic carbocycles. The van der Waals surface area contributed by atoms with E-state index in [0.717, 1.165) is 17.5 Å². The van der Waals surface area contributed by atoms with E-state index < -0.39 is 0 Å². The van der Waals surface area contributed by atoms with Crippen LogP contribution in [-0.4, -0.2) is 29.8 Å². The maximum absolute atomic E-state index is 13.2. The van der Waals surface area contributed by atoms with Crippen molar-refractivity contribution in [2.45, 2.75) is 32.2 Å². The van der Waals surface area contributed by atoms with Gasteiger partial charge in [0.2, 0.25) is 11.8 Å². The Morgan fingerprint density at radius 1 is 1.19 bits per heavy atom. The molecule has 1 aliphatic rings. The minimum Gasteiger partial charge on any atom is -0.356 e. The van der Waals surface area contributed by atoms with Gasteiger partial charge in [0.05, 0.1) is 12.5 Å². The number of hydrogen-bond donors (Lipinski definition) is 1. The van der Waals surface area contributed by atoms with Crippen LogP contribution in [0.3, 0.4) is 0 Å². The van der Waals surface area contributed by atoms with Gasteiger partial charge >= 0.3 is 0 Å². The van der Waals surface area contributed by atoms with Gasteiger partial charge in [-0.05, 0) is 41.7 Å². The molecule has 0 radical (unpaired) electrons. The fourth-order valence-corrected chi connectivity index (χ4v) is 3.54. The molecular formula is C21H23FN2O2. The van der Waals surface area contributed by atoms with Crippen molar-refractivity contribution in [3.63, 3.8) is 0 Å². The van der Waals surface area contributed by atoms with Gasteiger partial charge in [0.1, 0.15) is 5.82 Å². The number of nitrogens with one attached hydrogen (secondary N) is 1. The van der Waals surface area contributed by atoms with Crippen molar-refractivity contribution in [1.29, 1.82) is 0 Å². The van der Waals surface area contributed by atoms with Gasteiger partial charge in [-0.2, -0.15) is 0 Å². The van der Waals surface area contributed by atoms with Crippen molar-refractivity contribution >= 4 is 11.8 Å². The molecule has 4 nitrogen and oxygen atoms in total. The summed E-state index contributed by atoms with van der Waals surface area (Å²) in [5.74, 6) is -0.392. The summed E-state index contributed by atoms with van der Waals surface area (Å²) < 4.78 is 13.2. The molecule has 1 aliphatic heterocycles. The number of carbonyl (C=O) groups excluding carboxylic acids is 2. The minimum absolute atomic E-state index is 0.0166. The fourth-order valence-electron chi connectivity index (χ4n) is 3.54. The third kappa shape index (κ3) is 4.28. The second-order valence-corrected chi connectivity index (χ2v) is 6.61. The summed E-state index contributed by atoms with van der Waals surface area (Å²) >= 11 is 0. The Balaban J connectivity index is 1.62. The number of rotatable bonds is 5. The second kappa shape index (κ2) is 8.13. The molecule has 1 unspecified atom stereocenters. The zero-order valence-electron chi connectivity index (χ0n) is 14.9. The zero-order chi connectivity index (χ0) is 18.5. The van der Waals surface area contributed by atoms with E-state index in [1.165, 1.54) is 17.7 Å².